The fourth-order valence-electron chi connectivity index (χ4n) is 2.53. The molecule has 1 saturated heterocycles. The Bertz CT molecular complexity index is 448. The second-order valence-corrected chi connectivity index (χ2v) is 5.92. The van der Waals surface area contributed by atoms with Crippen molar-refractivity contribution in [3.05, 3.63) is 23.7 Å². The molecule has 0 spiro atoms. The van der Waals surface area contributed by atoms with Gasteiger partial charge in [-0.2, -0.15) is 0 Å². The van der Waals surface area contributed by atoms with Crippen LogP contribution < -0.4 is 5.32 Å². The van der Waals surface area contributed by atoms with Crippen LogP contribution in [0.15, 0.2) is 16.5 Å². The molecule has 1 N–H and O–H groups in total. The minimum atomic E-state index is -0.107. The maximum absolute atomic E-state index is 12.0. The number of hydrogen-bond acceptors (Lipinski definition) is 4. The molecule has 21 heavy (non-hydrogen) atoms. The molecule has 1 aliphatic heterocycles. The summed E-state index contributed by atoms with van der Waals surface area (Å²) in [6.07, 6.45) is 2.25. The average Bonchev–Trinajstić information content (AvgIpc) is 2.87. The quantitative estimate of drug-likeness (QED) is 0.874. The molecule has 0 unspecified atom stereocenters. The Morgan fingerprint density at radius 3 is 2.71 bits per heavy atom. The lowest BCUT2D eigenvalue weighted by atomic mass is 10.0. The molecule has 0 radical (unpaired) electrons. The van der Waals surface area contributed by atoms with Crippen molar-refractivity contribution in [3.8, 4) is 0 Å². The summed E-state index contributed by atoms with van der Waals surface area (Å²) in [6, 6.07) is 3.78. The van der Waals surface area contributed by atoms with Gasteiger partial charge in [0.1, 0.15) is 5.76 Å². The van der Waals surface area contributed by atoms with E-state index >= 15 is 0 Å². The van der Waals surface area contributed by atoms with Gasteiger partial charge in [-0.1, -0.05) is 0 Å². The van der Waals surface area contributed by atoms with Gasteiger partial charge in [-0.25, -0.2) is 0 Å². The normalized spacial score (nSPS) is 17.3. The summed E-state index contributed by atoms with van der Waals surface area (Å²) in [4.78, 5) is 14.4. The number of rotatable bonds is 6. The van der Waals surface area contributed by atoms with Crippen LogP contribution in [0.25, 0.3) is 0 Å². The highest BCUT2D eigenvalue weighted by atomic mass is 16.5. The summed E-state index contributed by atoms with van der Waals surface area (Å²) in [7, 11) is 0. The van der Waals surface area contributed by atoms with Crippen LogP contribution in [-0.2, 0) is 4.74 Å². The molecule has 5 heteroatoms. The van der Waals surface area contributed by atoms with E-state index in [-0.39, 0.29) is 11.9 Å². The van der Waals surface area contributed by atoms with E-state index < -0.39 is 0 Å². The summed E-state index contributed by atoms with van der Waals surface area (Å²) in [5.41, 5.74) is 0. The average molecular weight is 294 g/mol. The minimum absolute atomic E-state index is 0.107. The van der Waals surface area contributed by atoms with E-state index in [1.165, 1.54) is 0 Å². The highest BCUT2D eigenvalue weighted by Crippen LogP contribution is 2.12. The number of nitrogens with zero attached hydrogens (tertiary/aromatic N) is 1. The number of ether oxygens (including phenoxy) is 1. The van der Waals surface area contributed by atoms with Gasteiger partial charge in [-0.3, -0.25) is 4.79 Å². The zero-order valence-electron chi connectivity index (χ0n) is 13.2. The van der Waals surface area contributed by atoms with E-state index in [0.29, 0.717) is 11.9 Å². The molecule has 1 fully saturated rings. The van der Waals surface area contributed by atoms with Gasteiger partial charge in [0.15, 0.2) is 5.76 Å². The Morgan fingerprint density at radius 1 is 1.43 bits per heavy atom. The standard InChI is InChI=1S/C16H26N2O3/c1-12(2)20-11-10-18-8-6-14(7-9-18)17-16(19)15-5-4-13(3)21-15/h4-5,12,14H,6-11H2,1-3H3,(H,17,19). The van der Waals surface area contributed by atoms with Crippen molar-refractivity contribution < 1.29 is 13.9 Å². The molecular formula is C16H26N2O3. The van der Waals surface area contributed by atoms with Crippen molar-refractivity contribution in [2.24, 2.45) is 0 Å². The van der Waals surface area contributed by atoms with Crippen molar-refractivity contribution >= 4 is 5.91 Å². The molecule has 0 aliphatic carbocycles. The first kappa shape index (κ1) is 16.0. The molecule has 2 rings (SSSR count). The minimum Gasteiger partial charge on any atom is -0.456 e. The summed E-state index contributed by atoms with van der Waals surface area (Å²) in [5.74, 6) is 1.06. The zero-order valence-corrected chi connectivity index (χ0v) is 13.2. The van der Waals surface area contributed by atoms with Crippen molar-refractivity contribution in [1.29, 1.82) is 0 Å². The lowest BCUT2D eigenvalue weighted by Crippen LogP contribution is -2.45. The van der Waals surface area contributed by atoms with Gasteiger partial charge >= 0.3 is 0 Å². The number of piperidine rings is 1. The van der Waals surface area contributed by atoms with Gasteiger partial charge in [0, 0.05) is 25.7 Å². The lowest BCUT2D eigenvalue weighted by molar-refractivity contribution is 0.0519. The Hall–Kier alpha value is -1.33. The number of aryl methyl sites for hydroxylation is 1. The van der Waals surface area contributed by atoms with Crippen LogP contribution in [0.5, 0.6) is 0 Å². The Balaban J connectivity index is 1.68. The van der Waals surface area contributed by atoms with Crippen molar-refractivity contribution in [3.63, 3.8) is 0 Å². The van der Waals surface area contributed by atoms with Crippen molar-refractivity contribution in [2.75, 3.05) is 26.2 Å². The second kappa shape index (κ2) is 7.61. The van der Waals surface area contributed by atoms with Crippen LogP contribution in [0.3, 0.4) is 0 Å². The molecule has 0 aromatic carbocycles. The second-order valence-electron chi connectivity index (χ2n) is 5.92. The third-order valence-corrected chi connectivity index (χ3v) is 3.75. The fraction of sp³-hybridized carbons (Fsp3) is 0.688. The predicted octanol–water partition coefficient (Wildman–Crippen LogP) is 2.21. The van der Waals surface area contributed by atoms with E-state index in [9.17, 15) is 4.79 Å². The number of likely N-dealkylation sites (tertiary alicyclic amines) is 1. The van der Waals surface area contributed by atoms with E-state index in [4.69, 9.17) is 9.15 Å². The van der Waals surface area contributed by atoms with E-state index in [0.717, 1.165) is 44.8 Å². The SMILES string of the molecule is Cc1ccc(C(=O)NC2CCN(CCOC(C)C)CC2)o1. The first-order chi connectivity index (χ1) is 10.0. The van der Waals surface area contributed by atoms with Gasteiger partial charge in [0.2, 0.25) is 0 Å². The fourth-order valence-corrected chi connectivity index (χ4v) is 2.53. The number of carbonyl (C=O) groups excluding carboxylic acids is 1. The highest BCUT2D eigenvalue weighted by molar-refractivity contribution is 5.91. The maximum atomic E-state index is 12.0. The van der Waals surface area contributed by atoms with E-state index in [1.54, 1.807) is 6.07 Å². The molecule has 0 atom stereocenters. The van der Waals surface area contributed by atoms with Gasteiger partial charge in [0.25, 0.3) is 5.91 Å². The maximum Gasteiger partial charge on any atom is 0.287 e. The van der Waals surface area contributed by atoms with Crippen molar-refractivity contribution in [2.45, 2.75) is 45.8 Å². The third kappa shape index (κ3) is 5.17. The Morgan fingerprint density at radius 2 is 2.14 bits per heavy atom. The molecule has 5 nitrogen and oxygen atoms in total. The number of hydrogen-bond donors (Lipinski definition) is 1. The lowest BCUT2D eigenvalue weighted by Gasteiger charge is -2.32. The molecule has 1 aliphatic rings. The van der Waals surface area contributed by atoms with Crippen LogP contribution >= 0.6 is 0 Å². The van der Waals surface area contributed by atoms with E-state index in [2.05, 4.69) is 24.1 Å². The molecule has 2 heterocycles. The topological polar surface area (TPSA) is 54.7 Å². The van der Waals surface area contributed by atoms with Crippen LogP contribution in [0, 0.1) is 6.92 Å². The number of carbonyl (C=O) groups is 1. The zero-order chi connectivity index (χ0) is 15.2. The first-order valence-electron chi connectivity index (χ1n) is 7.76. The number of furan rings is 1. The van der Waals surface area contributed by atoms with Crippen LogP contribution in [-0.4, -0.2) is 49.2 Å². The van der Waals surface area contributed by atoms with Gasteiger partial charge < -0.3 is 19.4 Å². The largest absolute Gasteiger partial charge is 0.456 e. The molecule has 1 aromatic rings. The van der Waals surface area contributed by atoms with Gasteiger partial charge in [-0.05, 0) is 45.7 Å². The Labute approximate surface area is 126 Å². The monoisotopic (exact) mass is 294 g/mol. The summed E-state index contributed by atoms with van der Waals surface area (Å²) in [5, 5.41) is 3.05. The van der Waals surface area contributed by atoms with E-state index in [1.807, 2.05) is 13.0 Å². The number of amides is 1. The Kier molecular flexibility index (Phi) is 5.82. The molecule has 118 valence electrons. The van der Waals surface area contributed by atoms with Crippen LogP contribution in [0.1, 0.15) is 43.0 Å². The van der Waals surface area contributed by atoms with Crippen LogP contribution in [0.4, 0.5) is 0 Å². The van der Waals surface area contributed by atoms with Crippen LogP contribution in [0.2, 0.25) is 0 Å². The third-order valence-electron chi connectivity index (χ3n) is 3.75. The molecule has 1 amide bonds. The summed E-state index contributed by atoms with van der Waals surface area (Å²) < 4.78 is 10.9. The highest BCUT2D eigenvalue weighted by Gasteiger charge is 2.22. The predicted molar refractivity (Wildman–Crippen MR) is 81.5 cm³/mol. The first-order valence-corrected chi connectivity index (χ1v) is 7.76. The van der Waals surface area contributed by atoms with Gasteiger partial charge in [0.05, 0.1) is 12.7 Å². The molecule has 1 aromatic heterocycles. The molecule has 0 saturated carbocycles. The number of nitrogens with one attached hydrogen (secondary N) is 1. The molecule has 0 bridgehead atoms. The summed E-state index contributed by atoms with van der Waals surface area (Å²) in [6.45, 7) is 9.70. The van der Waals surface area contributed by atoms with Gasteiger partial charge in [-0.15, -0.1) is 0 Å². The van der Waals surface area contributed by atoms with Crippen molar-refractivity contribution in [1.82, 2.24) is 10.2 Å². The molecular weight excluding hydrogens is 268 g/mol. The smallest absolute Gasteiger partial charge is 0.287 e. The summed E-state index contributed by atoms with van der Waals surface area (Å²) >= 11 is 0.